The Hall–Kier alpha value is -5.73. The summed E-state index contributed by atoms with van der Waals surface area (Å²) in [5.41, 5.74) is 2.37. The van der Waals surface area contributed by atoms with Gasteiger partial charge in [0, 0.05) is 0 Å². The number of rotatable bonds is 14. The van der Waals surface area contributed by atoms with Gasteiger partial charge < -0.3 is 43.0 Å². The molecule has 0 amide bonds. The molecule has 2 saturated heterocycles. The first-order valence-electron chi connectivity index (χ1n) is 19.5. The molecule has 0 aliphatic carbocycles. The third-order valence-corrected chi connectivity index (χ3v) is 10.1. The van der Waals surface area contributed by atoms with Gasteiger partial charge in [-0.05, 0) is 61.4 Å². The van der Waals surface area contributed by atoms with Gasteiger partial charge in [-0.25, -0.2) is 14.4 Å². The van der Waals surface area contributed by atoms with Gasteiger partial charge in [0.25, 0.3) is 0 Å². The van der Waals surface area contributed by atoms with Crippen LogP contribution in [0.4, 0.5) is 0 Å². The molecule has 306 valence electrons. The van der Waals surface area contributed by atoms with E-state index >= 15 is 0 Å². The first kappa shape index (κ1) is 41.4. The Bertz CT molecular complexity index is 2090. The summed E-state index contributed by atoms with van der Waals surface area (Å²) in [4.78, 5) is 41.3. The van der Waals surface area contributed by atoms with E-state index < -0.39 is 79.3 Å². The third-order valence-electron chi connectivity index (χ3n) is 10.1. The maximum atomic E-state index is 13.9. The molecule has 7 rings (SSSR count). The molecular weight excluding hydrogens is 757 g/mol. The van der Waals surface area contributed by atoms with Crippen molar-refractivity contribution >= 4 is 17.9 Å². The zero-order valence-electron chi connectivity index (χ0n) is 32.6. The summed E-state index contributed by atoms with van der Waals surface area (Å²) in [6.07, 6.45) is -12.0. The highest BCUT2D eigenvalue weighted by molar-refractivity contribution is 5.91. The van der Waals surface area contributed by atoms with E-state index in [0.29, 0.717) is 0 Å². The van der Waals surface area contributed by atoms with Crippen LogP contribution in [0, 0.1) is 0 Å². The van der Waals surface area contributed by atoms with Crippen LogP contribution >= 0.6 is 0 Å². The quantitative estimate of drug-likeness (QED) is 0.0942. The molecule has 2 aliphatic heterocycles. The minimum absolute atomic E-state index is 0.123. The fraction of sp³-hybridized carbons (Fsp3) is 0.298. The number of benzene rings is 5. The monoisotopic (exact) mass is 802 g/mol. The van der Waals surface area contributed by atoms with Crippen molar-refractivity contribution in [2.24, 2.45) is 0 Å². The minimum atomic E-state index is -1.52. The standard InChI is InChI=1S/C47H46O12/c1-30-37(39(52-28-32-18-8-3-9-19-32)41(46(51)54-30)53-29-33-20-10-4-11-21-33)59-47-42(58-45(50)36-26-16-7-17-27-36)40(57-44(49)35-24-14-6-15-25-35)38(31(2)55-47)56-43(48)34-22-12-5-13-23-34/h3-27,30-31,37-42,46-47,51H,28-29H2,1-2H3/t30-,31-,37-,38-,39+,40+,41-,42-,46-,47+/m1/s1. The second-order valence-corrected chi connectivity index (χ2v) is 14.3. The summed E-state index contributed by atoms with van der Waals surface area (Å²) in [5, 5.41) is 11.3. The second-order valence-electron chi connectivity index (χ2n) is 14.3. The smallest absolute Gasteiger partial charge is 0.338 e. The van der Waals surface area contributed by atoms with Gasteiger partial charge in [-0.15, -0.1) is 0 Å². The van der Waals surface area contributed by atoms with Crippen LogP contribution < -0.4 is 0 Å². The maximum Gasteiger partial charge on any atom is 0.338 e. The van der Waals surface area contributed by atoms with Crippen molar-refractivity contribution in [3.05, 3.63) is 179 Å². The number of ether oxygens (including phenoxy) is 8. The highest BCUT2D eigenvalue weighted by Gasteiger charge is 2.55. The molecule has 2 aliphatic rings. The van der Waals surface area contributed by atoms with Crippen LogP contribution in [-0.2, 0) is 51.1 Å². The van der Waals surface area contributed by atoms with E-state index in [1.807, 2.05) is 60.7 Å². The lowest BCUT2D eigenvalue weighted by molar-refractivity contribution is -0.355. The SMILES string of the molecule is C[C@H]1O[C@@H](O)[C@H](OCc2ccccc2)[C@@H](OCc2ccccc2)[C@@H]1O[C@@H]1O[C@H](C)[C@@H](OC(=O)c2ccccc2)[C@H](OC(=O)c2ccccc2)[C@H]1OC(=O)c1ccccc1. The molecule has 2 heterocycles. The molecule has 1 N–H and O–H groups in total. The number of aliphatic hydroxyl groups excluding tert-OH is 1. The predicted molar refractivity (Wildman–Crippen MR) is 213 cm³/mol. The molecule has 0 saturated carbocycles. The lowest BCUT2D eigenvalue weighted by Crippen LogP contribution is -2.65. The fourth-order valence-electron chi connectivity index (χ4n) is 7.04. The molecular formula is C47H46O12. The maximum absolute atomic E-state index is 13.9. The van der Waals surface area contributed by atoms with Gasteiger partial charge in [-0.1, -0.05) is 115 Å². The van der Waals surface area contributed by atoms with Crippen LogP contribution in [0.1, 0.15) is 56.0 Å². The molecule has 59 heavy (non-hydrogen) atoms. The van der Waals surface area contributed by atoms with Crippen LogP contribution in [0.15, 0.2) is 152 Å². The number of hydrogen-bond donors (Lipinski definition) is 1. The molecule has 10 atom stereocenters. The number of carbonyl (C=O) groups excluding carboxylic acids is 3. The van der Waals surface area contributed by atoms with E-state index in [4.69, 9.17) is 37.9 Å². The Morgan fingerprint density at radius 3 is 1.29 bits per heavy atom. The summed E-state index contributed by atoms with van der Waals surface area (Å²) < 4.78 is 50.5. The molecule has 2 fully saturated rings. The summed E-state index contributed by atoms with van der Waals surface area (Å²) in [7, 11) is 0. The van der Waals surface area contributed by atoms with Gasteiger partial charge in [0.1, 0.15) is 18.3 Å². The molecule has 0 unspecified atom stereocenters. The molecule has 5 aromatic rings. The molecule has 0 radical (unpaired) electrons. The average Bonchev–Trinajstić information content (AvgIpc) is 3.27. The third kappa shape index (κ3) is 10.5. The van der Waals surface area contributed by atoms with Gasteiger partial charge >= 0.3 is 17.9 Å². The Morgan fingerprint density at radius 1 is 0.458 bits per heavy atom. The van der Waals surface area contributed by atoms with E-state index in [1.165, 1.54) is 0 Å². The largest absolute Gasteiger partial charge is 0.452 e. The Labute approximate surface area is 342 Å². The molecule has 12 heteroatoms. The van der Waals surface area contributed by atoms with Gasteiger partial charge in [0.05, 0.1) is 42.1 Å². The van der Waals surface area contributed by atoms with Gasteiger partial charge in [0.15, 0.2) is 30.9 Å². The molecule has 0 spiro atoms. The highest BCUT2D eigenvalue weighted by atomic mass is 16.8. The Kier molecular flexibility index (Phi) is 13.9. The second kappa shape index (κ2) is 19.8. The van der Waals surface area contributed by atoms with Crippen molar-refractivity contribution < 1.29 is 57.4 Å². The van der Waals surface area contributed by atoms with E-state index in [0.717, 1.165) is 11.1 Å². The van der Waals surface area contributed by atoms with Crippen molar-refractivity contribution in [1.82, 2.24) is 0 Å². The van der Waals surface area contributed by atoms with Gasteiger partial charge in [-0.3, -0.25) is 0 Å². The van der Waals surface area contributed by atoms with Crippen LogP contribution in [0.25, 0.3) is 0 Å². The van der Waals surface area contributed by atoms with Crippen molar-refractivity contribution in [3.63, 3.8) is 0 Å². The van der Waals surface area contributed by atoms with Crippen molar-refractivity contribution in [1.29, 1.82) is 0 Å². The van der Waals surface area contributed by atoms with Crippen molar-refractivity contribution in [2.75, 3.05) is 0 Å². The number of carbonyl (C=O) groups is 3. The molecule has 12 nitrogen and oxygen atoms in total. The van der Waals surface area contributed by atoms with E-state index in [1.54, 1.807) is 105 Å². The predicted octanol–water partition coefficient (Wildman–Crippen LogP) is 6.70. The average molecular weight is 803 g/mol. The lowest BCUT2D eigenvalue weighted by Gasteiger charge is -2.48. The number of hydrogen-bond acceptors (Lipinski definition) is 12. The summed E-state index contributed by atoms with van der Waals surface area (Å²) in [6, 6.07) is 43.8. The van der Waals surface area contributed by atoms with Crippen LogP contribution in [0.3, 0.4) is 0 Å². The summed E-state index contributed by atoms with van der Waals surface area (Å²) in [5.74, 6) is -2.25. The lowest BCUT2D eigenvalue weighted by atomic mass is 9.96. The van der Waals surface area contributed by atoms with E-state index in [9.17, 15) is 19.5 Å². The van der Waals surface area contributed by atoms with Gasteiger partial charge in [-0.2, -0.15) is 0 Å². The number of aliphatic hydroxyl groups is 1. The number of esters is 3. The van der Waals surface area contributed by atoms with Crippen molar-refractivity contribution in [3.8, 4) is 0 Å². The zero-order valence-corrected chi connectivity index (χ0v) is 32.6. The highest BCUT2D eigenvalue weighted by Crippen LogP contribution is 2.35. The topological polar surface area (TPSA) is 145 Å². The first-order chi connectivity index (χ1) is 28.7. The molecule has 0 aromatic heterocycles. The normalized spacial score (nSPS) is 26.6. The van der Waals surface area contributed by atoms with Crippen molar-refractivity contribution in [2.45, 2.75) is 88.5 Å². The fourth-order valence-corrected chi connectivity index (χ4v) is 7.04. The first-order valence-corrected chi connectivity index (χ1v) is 19.5. The van der Waals surface area contributed by atoms with E-state index in [-0.39, 0.29) is 29.9 Å². The Morgan fingerprint density at radius 2 is 0.831 bits per heavy atom. The molecule has 0 bridgehead atoms. The van der Waals surface area contributed by atoms with Crippen LogP contribution in [0.2, 0.25) is 0 Å². The Balaban J connectivity index is 1.25. The zero-order chi connectivity index (χ0) is 41.1. The van der Waals surface area contributed by atoms with Crippen LogP contribution in [-0.4, -0.2) is 84.4 Å². The summed E-state index contributed by atoms with van der Waals surface area (Å²) in [6.45, 7) is 3.59. The van der Waals surface area contributed by atoms with E-state index in [2.05, 4.69) is 0 Å². The summed E-state index contributed by atoms with van der Waals surface area (Å²) >= 11 is 0. The van der Waals surface area contributed by atoms with Crippen LogP contribution in [0.5, 0.6) is 0 Å². The van der Waals surface area contributed by atoms with Gasteiger partial charge in [0.2, 0.25) is 0 Å². The minimum Gasteiger partial charge on any atom is -0.452 e. The molecule has 5 aromatic carbocycles.